The molecule has 1 nitrogen and oxygen atoms in total. The number of hydrogen-bond acceptors (Lipinski definition) is 1. The van der Waals surface area contributed by atoms with Crippen LogP contribution >= 0.6 is 0 Å². The third kappa shape index (κ3) is 1.12. The van der Waals surface area contributed by atoms with Crippen molar-refractivity contribution in [2.45, 2.75) is 32.8 Å². The minimum atomic E-state index is 0.377. The smallest absolute Gasteiger partial charge is 0.0646 e. The van der Waals surface area contributed by atoms with Gasteiger partial charge in [-0.15, -0.1) is 0 Å². The van der Waals surface area contributed by atoms with Crippen LogP contribution in [0.2, 0.25) is 0 Å². The Labute approximate surface area is 68.4 Å². The van der Waals surface area contributed by atoms with Crippen molar-refractivity contribution in [1.82, 2.24) is 0 Å². The number of hydrogen-bond donors (Lipinski definition) is 0. The zero-order valence-electron chi connectivity index (χ0n) is 7.34. The Kier molecular flexibility index (Phi) is 1.57. The quantitative estimate of drug-likeness (QED) is 0.484. The Morgan fingerprint density at radius 1 is 1.45 bits per heavy atom. The van der Waals surface area contributed by atoms with E-state index in [1.807, 2.05) is 0 Å². The topological polar surface area (TPSA) is 9.23 Å². The molecule has 0 bridgehead atoms. The van der Waals surface area contributed by atoms with Gasteiger partial charge in [0.25, 0.3) is 0 Å². The van der Waals surface area contributed by atoms with E-state index in [4.69, 9.17) is 4.74 Å². The molecule has 1 fully saturated rings. The van der Waals surface area contributed by atoms with Crippen molar-refractivity contribution >= 4 is 0 Å². The molecule has 1 heterocycles. The van der Waals surface area contributed by atoms with Crippen LogP contribution in [0.4, 0.5) is 0 Å². The van der Waals surface area contributed by atoms with Crippen molar-refractivity contribution in [2.75, 3.05) is 6.61 Å². The highest BCUT2D eigenvalue weighted by atomic mass is 16.5. The first-order chi connectivity index (χ1) is 5.20. The van der Waals surface area contributed by atoms with E-state index in [2.05, 4.69) is 26.0 Å². The van der Waals surface area contributed by atoms with Gasteiger partial charge in [0.2, 0.25) is 0 Å². The fourth-order valence-electron chi connectivity index (χ4n) is 2.18. The van der Waals surface area contributed by atoms with E-state index >= 15 is 0 Å². The summed E-state index contributed by atoms with van der Waals surface area (Å²) in [7, 11) is 0. The molecule has 0 N–H and O–H groups in total. The SMILES string of the molecule is CC1(C)CO[C@@H]2CCC=C[C@@H]21. The van der Waals surface area contributed by atoms with E-state index in [-0.39, 0.29) is 0 Å². The molecule has 1 aliphatic heterocycles. The second-order valence-corrected chi connectivity index (χ2v) is 4.37. The van der Waals surface area contributed by atoms with E-state index in [9.17, 15) is 0 Å². The molecule has 0 unspecified atom stereocenters. The predicted octanol–water partition coefficient (Wildman–Crippen LogP) is 2.38. The molecule has 1 saturated heterocycles. The number of fused-ring (bicyclic) bond motifs is 1. The molecule has 0 saturated carbocycles. The summed E-state index contributed by atoms with van der Waals surface area (Å²) in [6.07, 6.45) is 7.61. The molecule has 2 atom stereocenters. The molecule has 2 aliphatic rings. The standard InChI is InChI=1S/C10H16O/c1-10(2)7-11-9-6-4-3-5-8(9)10/h3,5,8-9H,4,6-7H2,1-2H3/t8-,9+/m0/s1. The highest BCUT2D eigenvalue weighted by molar-refractivity contribution is 5.06. The first-order valence-electron chi connectivity index (χ1n) is 4.48. The normalized spacial score (nSPS) is 40.5. The van der Waals surface area contributed by atoms with Gasteiger partial charge in [0, 0.05) is 5.92 Å². The summed E-state index contributed by atoms with van der Waals surface area (Å²) in [6.45, 7) is 5.54. The Morgan fingerprint density at radius 3 is 3.00 bits per heavy atom. The highest BCUT2D eigenvalue weighted by Gasteiger charge is 2.41. The molecule has 0 aromatic rings. The lowest BCUT2D eigenvalue weighted by Gasteiger charge is -2.27. The van der Waals surface area contributed by atoms with Crippen LogP contribution in [0.1, 0.15) is 26.7 Å². The summed E-state index contributed by atoms with van der Waals surface area (Å²) in [5, 5.41) is 0. The molecule has 11 heavy (non-hydrogen) atoms. The molecular weight excluding hydrogens is 136 g/mol. The second kappa shape index (κ2) is 2.34. The average Bonchev–Trinajstić information content (AvgIpc) is 2.29. The summed E-state index contributed by atoms with van der Waals surface area (Å²) in [5.74, 6) is 0.677. The van der Waals surface area contributed by atoms with Crippen LogP contribution in [0.3, 0.4) is 0 Å². The fraction of sp³-hybridized carbons (Fsp3) is 0.800. The van der Waals surface area contributed by atoms with Crippen molar-refractivity contribution in [3.05, 3.63) is 12.2 Å². The molecule has 62 valence electrons. The van der Waals surface area contributed by atoms with Crippen LogP contribution in [-0.2, 0) is 4.74 Å². The van der Waals surface area contributed by atoms with Crippen LogP contribution in [0.15, 0.2) is 12.2 Å². The number of ether oxygens (including phenoxy) is 1. The zero-order chi connectivity index (χ0) is 7.90. The van der Waals surface area contributed by atoms with Gasteiger partial charge in [0.15, 0.2) is 0 Å². The fourth-order valence-corrected chi connectivity index (χ4v) is 2.18. The number of rotatable bonds is 0. The molecule has 1 heteroatoms. The van der Waals surface area contributed by atoms with Crippen molar-refractivity contribution in [1.29, 1.82) is 0 Å². The average molecular weight is 152 g/mol. The number of allylic oxidation sites excluding steroid dienone is 1. The van der Waals surface area contributed by atoms with E-state index in [1.165, 1.54) is 12.8 Å². The molecule has 0 aromatic heterocycles. The van der Waals surface area contributed by atoms with Crippen LogP contribution in [-0.4, -0.2) is 12.7 Å². The van der Waals surface area contributed by atoms with Gasteiger partial charge in [0.05, 0.1) is 12.7 Å². The minimum Gasteiger partial charge on any atom is -0.377 e. The van der Waals surface area contributed by atoms with Gasteiger partial charge in [-0.2, -0.15) is 0 Å². The summed E-state index contributed by atoms with van der Waals surface area (Å²) >= 11 is 0. The lowest BCUT2D eigenvalue weighted by molar-refractivity contribution is 0.0863. The predicted molar refractivity (Wildman–Crippen MR) is 45.4 cm³/mol. The van der Waals surface area contributed by atoms with Crippen LogP contribution < -0.4 is 0 Å². The van der Waals surface area contributed by atoms with Crippen molar-refractivity contribution in [3.8, 4) is 0 Å². The zero-order valence-corrected chi connectivity index (χ0v) is 7.34. The summed E-state index contributed by atoms with van der Waals surface area (Å²) in [6, 6.07) is 0. The largest absolute Gasteiger partial charge is 0.377 e. The van der Waals surface area contributed by atoms with Crippen molar-refractivity contribution in [3.63, 3.8) is 0 Å². The summed E-state index contributed by atoms with van der Waals surface area (Å²) < 4.78 is 5.72. The Morgan fingerprint density at radius 2 is 2.27 bits per heavy atom. The molecule has 0 spiro atoms. The molecule has 1 aliphatic carbocycles. The van der Waals surface area contributed by atoms with Gasteiger partial charge < -0.3 is 4.74 Å². The lowest BCUT2D eigenvalue weighted by atomic mass is 9.76. The third-order valence-electron chi connectivity index (χ3n) is 2.93. The third-order valence-corrected chi connectivity index (χ3v) is 2.93. The molecule has 0 amide bonds. The van der Waals surface area contributed by atoms with Gasteiger partial charge in [0.1, 0.15) is 0 Å². The first kappa shape index (κ1) is 7.35. The lowest BCUT2D eigenvalue weighted by Crippen LogP contribution is -2.26. The van der Waals surface area contributed by atoms with Crippen molar-refractivity contribution in [2.24, 2.45) is 11.3 Å². The Bertz CT molecular complexity index is 181. The maximum atomic E-state index is 5.72. The summed E-state index contributed by atoms with van der Waals surface area (Å²) in [5.41, 5.74) is 0.377. The van der Waals surface area contributed by atoms with Gasteiger partial charge in [-0.3, -0.25) is 0 Å². The van der Waals surface area contributed by atoms with E-state index in [0.717, 1.165) is 6.61 Å². The minimum absolute atomic E-state index is 0.377. The second-order valence-electron chi connectivity index (χ2n) is 4.37. The van der Waals surface area contributed by atoms with Gasteiger partial charge in [-0.1, -0.05) is 26.0 Å². The van der Waals surface area contributed by atoms with E-state index in [0.29, 0.717) is 17.4 Å². The van der Waals surface area contributed by atoms with E-state index < -0.39 is 0 Å². The maximum absolute atomic E-state index is 5.72. The highest BCUT2D eigenvalue weighted by Crippen LogP contribution is 2.42. The van der Waals surface area contributed by atoms with Gasteiger partial charge >= 0.3 is 0 Å². The van der Waals surface area contributed by atoms with Crippen LogP contribution in [0, 0.1) is 11.3 Å². The van der Waals surface area contributed by atoms with Gasteiger partial charge in [-0.05, 0) is 18.3 Å². The Balaban J connectivity index is 2.21. The maximum Gasteiger partial charge on any atom is 0.0646 e. The molecule has 0 aromatic carbocycles. The first-order valence-corrected chi connectivity index (χ1v) is 4.48. The molecular formula is C10H16O. The van der Waals surface area contributed by atoms with Crippen molar-refractivity contribution < 1.29 is 4.74 Å². The molecule has 2 rings (SSSR count). The molecule has 0 radical (unpaired) electrons. The van der Waals surface area contributed by atoms with Crippen LogP contribution in [0.5, 0.6) is 0 Å². The summed E-state index contributed by atoms with van der Waals surface area (Å²) in [4.78, 5) is 0. The Hall–Kier alpha value is -0.300. The van der Waals surface area contributed by atoms with Gasteiger partial charge in [-0.25, -0.2) is 0 Å². The van der Waals surface area contributed by atoms with E-state index in [1.54, 1.807) is 0 Å². The monoisotopic (exact) mass is 152 g/mol. The van der Waals surface area contributed by atoms with Crippen LogP contribution in [0.25, 0.3) is 0 Å².